The summed E-state index contributed by atoms with van der Waals surface area (Å²) in [5.41, 5.74) is 4.72. The lowest BCUT2D eigenvalue weighted by Crippen LogP contribution is -2.04. The fourth-order valence-electron chi connectivity index (χ4n) is 2.48. The van der Waals surface area contributed by atoms with E-state index in [1.165, 1.54) is 24.1 Å². The van der Waals surface area contributed by atoms with Gasteiger partial charge in [0.15, 0.2) is 0 Å². The van der Waals surface area contributed by atoms with Crippen LogP contribution in [-0.4, -0.2) is 10.7 Å². The molecule has 3 nitrogen and oxygen atoms in total. The third kappa shape index (κ3) is 1.35. The second kappa shape index (κ2) is 3.29. The van der Waals surface area contributed by atoms with Crippen LogP contribution in [0.25, 0.3) is 11.3 Å². The molecular weight excluding hydrogens is 212 g/mol. The number of nitrogens with zero attached hydrogens (tertiary/aromatic N) is 2. The van der Waals surface area contributed by atoms with Gasteiger partial charge in [-0.2, -0.15) is 0 Å². The predicted octanol–water partition coefficient (Wildman–Crippen LogP) is 3.05. The summed E-state index contributed by atoms with van der Waals surface area (Å²) in [6, 6.07) is 5.95. The molecule has 1 aliphatic carbocycles. The quantitative estimate of drug-likeness (QED) is 0.786. The summed E-state index contributed by atoms with van der Waals surface area (Å²) in [6.07, 6.45) is 6.10. The highest BCUT2D eigenvalue weighted by Crippen LogP contribution is 2.40. The number of rotatable bonds is 2. The van der Waals surface area contributed by atoms with Gasteiger partial charge in [0.05, 0.1) is 18.5 Å². The molecular formula is C14H12N2O. The Morgan fingerprint density at radius 1 is 1.24 bits per heavy atom. The first-order valence-corrected chi connectivity index (χ1v) is 6.00. The Kier molecular flexibility index (Phi) is 1.78. The molecule has 17 heavy (non-hydrogen) atoms. The maximum Gasteiger partial charge on any atom is 0.134 e. The number of hydrogen-bond donors (Lipinski definition) is 0. The van der Waals surface area contributed by atoms with Gasteiger partial charge in [0.2, 0.25) is 0 Å². The molecule has 0 unspecified atom stereocenters. The van der Waals surface area contributed by atoms with Crippen LogP contribution in [0, 0.1) is 5.92 Å². The van der Waals surface area contributed by atoms with E-state index in [1.807, 2.05) is 24.4 Å². The van der Waals surface area contributed by atoms with E-state index < -0.39 is 0 Å². The lowest BCUT2D eigenvalue weighted by Gasteiger charge is -2.07. The maximum absolute atomic E-state index is 5.51. The molecule has 0 spiro atoms. The molecule has 0 amide bonds. The van der Waals surface area contributed by atoms with Crippen molar-refractivity contribution in [3.8, 4) is 11.3 Å². The summed E-state index contributed by atoms with van der Waals surface area (Å²) in [7, 11) is 0. The Hall–Kier alpha value is -1.90. The molecule has 1 fully saturated rings. The van der Waals surface area contributed by atoms with Crippen LogP contribution in [0.1, 0.15) is 24.1 Å². The van der Waals surface area contributed by atoms with Crippen molar-refractivity contribution in [3.05, 3.63) is 41.9 Å². The number of aliphatic imine (C=N–C) groups is 1. The normalized spacial score (nSPS) is 18.0. The van der Waals surface area contributed by atoms with Crippen molar-refractivity contribution in [2.75, 3.05) is 0 Å². The fourth-order valence-corrected chi connectivity index (χ4v) is 2.48. The maximum atomic E-state index is 5.51. The molecule has 0 atom stereocenters. The van der Waals surface area contributed by atoms with Gasteiger partial charge < -0.3 is 4.42 Å². The van der Waals surface area contributed by atoms with E-state index >= 15 is 0 Å². The molecule has 0 N–H and O–H groups in total. The van der Waals surface area contributed by atoms with Gasteiger partial charge in [-0.1, -0.05) is 0 Å². The minimum absolute atomic E-state index is 0.661. The Labute approximate surface area is 99.2 Å². The standard InChI is InChI=1S/C14H12N2O/c1-2-12(17-7-1)10-5-6-15-11-8-16-14(13(10)11)9-3-4-9/h1-2,5-7,9H,3-4,8H2. The van der Waals surface area contributed by atoms with Gasteiger partial charge in [-0.15, -0.1) is 0 Å². The summed E-state index contributed by atoms with van der Waals surface area (Å²) in [5, 5.41) is 0. The second-order valence-corrected chi connectivity index (χ2v) is 4.63. The van der Waals surface area contributed by atoms with Crippen molar-refractivity contribution in [2.45, 2.75) is 19.4 Å². The Morgan fingerprint density at radius 2 is 2.18 bits per heavy atom. The van der Waals surface area contributed by atoms with Crippen molar-refractivity contribution in [3.63, 3.8) is 0 Å². The summed E-state index contributed by atoms with van der Waals surface area (Å²) < 4.78 is 5.51. The Bertz CT molecular complexity index is 595. The van der Waals surface area contributed by atoms with Gasteiger partial charge >= 0.3 is 0 Å². The first kappa shape index (κ1) is 9.16. The van der Waals surface area contributed by atoms with Crippen LogP contribution >= 0.6 is 0 Å². The molecule has 4 rings (SSSR count). The molecule has 3 heterocycles. The Balaban J connectivity index is 1.92. The topological polar surface area (TPSA) is 38.4 Å². The van der Waals surface area contributed by atoms with E-state index in [2.05, 4.69) is 9.98 Å². The summed E-state index contributed by atoms with van der Waals surface area (Å²) >= 11 is 0. The van der Waals surface area contributed by atoms with Crippen molar-refractivity contribution in [2.24, 2.45) is 10.9 Å². The van der Waals surface area contributed by atoms with E-state index in [1.54, 1.807) is 6.26 Å². The minimum atomic E-state index is 0.661. The minimum Gasteiger partial charge on any atom is -0.464 e. The molecule has 0 saturated heterocycles. The van der Waals surface area contributed by atoms with Crippen LogP contribution in [0.4, 0.5) is 0 Å². The molecule has 2 aromatic heterocycles. The lowest BCUT2D eigenvalue weighted by atomic mass is 9.99. The SMILES string of the molecule is c1coc(-c2ccnc3c2C(C2CC2)=NC3)c1. The van der Waals surface area contributed by atoms with Crippen molar-refractivity contribution < 1.29 is 4.42 Å². The van der Waals surface area contributed by atoms with Crippen molar-refractivity contribution in [1.82, 2.24) is 4.98 Å². The van der Waals surface area contributed by atoms with Crippen LogP contribution in [0.15, 0.2) is 40.1 Å². The van der Waals surface area contributed by atoms with E-state index in [-0.39, 0.29) is 0 Å². The summed E-state index contributed by atoms with van der Waals surface area (Å²) in [6.45, 7) is 0.732. The van der Waals surface area contributed by atoms with E-state index in [9.17, 15) is 0 Å². The van der Waals surface area contributed by atoms with Crippen LogP contribution in [0.5, 0.6) is 0 Å². The third-order valence-electron chi connectivity index (χ3n) is 3.44. The monoisotopic (exact) mass is 224 g/mol. The largest absolute Gasteiger partial charge is 0.464 e. The fraction of sp³-hybridized carbons (Fsp3) is 0.286. The number of pyridine rings is 1. The second-order valence-electron chi connectivity index (χ2n) is 4.63. The average Bonchev–Trinajstić information content (AvgIpc) is 2.93. The van der Waals surface area contributed by atoms with E-state index in [4.69, 9.17) is 4.42 Å². The van der Waals surface area contributed by atoms with Crippen molar-refractivity contribution in [1.29, 1.82) is 0 Å². The van der Waals surface area contributed by atoms with E-state index in [0.717, 1.165) is 23.6 Å². The van der Waals surface area contributed by atoms with Gasteiger partial charge in [0, 0.05) is 29.0 Å². The molecule has 1 aliphatic heterocycles. The van der Waals surface area contributed by atoms with Gasteiger partial charge in [-0.05, 0) is 31.0 Å². The van der Waals surface area contributed by atoms with Gasteiger partial charge in [0.25, 0.3) is 0 Å². The molecule has 2 aliphatic rings. The molecule has 3 heteroatoms. The van der Waals surface area contributed by atoms with Crippen LogP contribution in [0.3, 0.4) is 0 Å². The first-order chi connectivity index (χ1) is 8.43. The summed E-state index contributed by atoms with van der Waals surface area (Å²) in [5.74, 6) is 1.58. The van der Waals surface area contributed by atoms with Crippen molar-refractivity contribution >= 4 is 5.71 Å². The highest BCUT2D eigenvalue weighted by Gasteiger charge is 2.34. The molecule has 0 aromatic carbocycles. The highest BCUT2D eigenvalue weighted by molar-refractivity contribution is 6.10. The van der Waals surface area contributed by atoms with E-state index in [0.29, 0.717) is 5.92 Å². The number of furan rings is 1. The van der Waals surface area contributed by atoms with Gasteiger partial charge in [-0.3, -0.25) is 9.98 Å². The van der Waals surface area contributed by atoms with Crippen LogP contribution in [-0.2, 0) is 6.54 Å². The van der Waals surface area contributed by atoms with Crippen LogP contribution in [0.2, 0.25) is 0 Å². The molecule has 84 valence electrons. The summed E-state index contributed by atoms with van der Waals surface area (Å²) in [4.78, 5) is 9.08. The molecule has 1 saturated carbocycles. The molecule has 0 bridgehead atoms. The lowest BCUT2D eigenvalue weighted by molar-refractivity contribution is 0.582. The van der Waals surface area contributed by atoms with Gasteiger partial charge in [-0.25, -0.2) is 0 Å². The number of fused-ring (bicyclic) bond motifs is 1. The third-order valence-corrected chi connectivity index (χ3v) is 3.44. The molecule has 0 radical (unpaired) electrons. The smallest absolute Gasteiger partial charge is 0.134 e. The zero-order chi connectivity index (χ0) is 11.2. The number of aromatic nitrogens is 1. The van der Waals surface area contributed by atoms with Crippen LogP contribution < -0.4 is 0 Å². The predicted molar refractivity (Wildman–Crippen MR) is 64.9 cm³/mol. The average molecular weight is 224 g/mol. The Morgan fingerprint density at radius 3 is 2.94 bits per heavy atom. The zero-order valence-electron chi connectivity index (χ0n) is 9.39. The zero-order valence-corrected chi connectivity index (χ0v) is 9.39. The van der Waals surface area contributed by atoms with Gasteiger partial charge in [0.1, 0.15) is 5.76 Å². The number of hydrogen-bond acceptors (Lipinski definition) is 3. The molecule has 2 aromatic rings. The highest BCUT2D eigenvalue weighted by atomic mass is 16.3. The first-order valence-electron chi connectivity index (χ1n) is 6.00.